The molecule has 4 rings (SSSR count). The standard InChI is InChI=1S/C30H36N2O3S/c1-5-21(2)18-31(30(34)24-9-7-6-8-10-24)19-29(33)32-15-13-28-25(14-16-36-28)26(32)20-35-27-12-11-22(3)17-23(27)4/h6-12,14,16-17,21,26H,5,13,15,18-20H2,1-4H3/t21-,26-/m1/s1. The topological polar surface area (TPSA) is 49.9 Å². The minimum absolute atomic E-state index is 0.0336. The quantitative estimate of drug-likeness (QED) is 0.356. The Bertz CT molecular complexity index is 1190. The Hall–Kier alpha value is -3.12. The summed E-state index contributed by atoms with van der Waals surface area (Å²) >= 11 is 1.74. The third-order valence-electron chi connectivity index (χ3n) is 7.01. The minimum atomic E-state index is -0.175. The molecule has 0 fully saturated rings. The van der Waals surface area contributed by atoms with Gasteiger partial charge < -0.3 is 14.5 Å². The van der Waals surface area contributed by atoms with Gasteiger partial charge in [-0.3, -0.25) is 9.59 Å². The van der Waals surface area contributed by atoms with Crippen LogP contribution in [0.1, 0.15) is 58.2 Å². The molecule has 0 saturated heterocycles. The fraction of sp³-hybridized carbons (Fsp3) is 0.400. The average Bonchev–Trinajstić information content (AvgIpc) is 3.37. The van der Waals surface area contributed by atoms with Gasteiger partial charge in [-0.15, -0.1) is 11.3 Å². The Balaban J connectivity index is 1.55. The molecule has 1 aliphatic rings. The zero-order valence-electron chi connectivity index (χ0n) is 21.7. The number of aryl methyl sites for hydroxylation is 2. The van der Waals surface area contributed by atoms with Gasteiger partial charge >= 0.3 is 0 Å². The molecular weight excluding hydrogens is 468 g/mol. The molecule has 6 heteroatoms. The van der Waals surface area contributed by atoms with Gasteiger partial charge in [-0.1, -0.05) is 56.2 Å². The van der Waals surface area contributed by atoms with Crippen molar-refractivity contribution < 1.29 is 14.3 Å². The lowest BCUT2D eigenvalue weighted by Crippen LogP contribution is -2.48. The number of hydrogen-bond acceptors (Lipinski definition) is 4. The molecule has 0 unspecified atom stereocenters. The van der Waals surface area contributed by atoms with Crippen molar-refractivity contribution >= 4 is 23.2 Å². The van der Waals surface area contributed by atoms with Crippen molar-refractivity contribution in [2.75, 3.05) is 26.2 Å². The van der Waals surface area contributed by atoms with Gasteiger partial charge in [-0.25, -0.2) is 0 Å². The van der Waals surface area contributed by atoms with E-state index in [4.69, 9.17) is 4.74 Å². The summed E-state index contributed by atoms with van der Waals surface area (Å²) in [5, 5.41) is 2.09. The first-order chi connectivity index (χ1) is 17.4. The maximum Gasteiger partial charge on any atom is 0.254 e. The first-order valence-corrected chi connectivity index (χ1v) is 13.7. The van der Waals surface area contributed by atoms with Crippen LogP contribution in [0.2, 0.25) is 0 Å². The van der Waals surface area contributed by atoms with Gasteiger partial charge in [0.05, 0.1) is 6.04 Å². The number of fused-ring (bicyclic) bond motifs is 1. The van der Waals surface area contributed by atoms with Crippen LogP contribution in [-0.2, 0) is 11.2 Å². The molecule has 0 aliphatic carbocycles. The number of amides is 2. The van der Waals surface area contributed by atoms with Crippen LogP contribution < -0.4 is 4.74 Å². The molecule has 1 aromatic heterocycles. The van der Waals surface area contributed by atoms with E-state index in [1.54, 1.807) is 16.2 Å². The van der Waals surface area contributed by atoms with Crippen molar-refractivity contribution in [1.29, 1.82) is 0 Å². The Labute approximate surface area is 218 Å². The number of carbonyl (C=O) groups excluding carboxylic acids is 2. The average molecular weight is 505 g/mol. The molecule has 36 heavy (non-hydrogen) atoms. The maximum absolute atomic E-state index is 13.8. The van der Waals surface area contributed by atoms with Crippen LogP contribution in [0.5, 0.6) is 5.75 Å². The predicted molar refractivity (Wildman–Crippen MR) is 146 cm³/mol. The van der Waals surface area contributed by atoms with Crippen LogP contribution in [0.15, 0.2) is 60.0 Å². The number of rotatable bonds is 9. The van der Waals surface area contributed by atoms with Crippen LogP contribution in [0, 0.1) is 19.8 Å². The second kappa shape index (κ2) is 11.7. The molecule has 2 amide bonds. The first-order valence-electron chi connectivity index (χ1n) is 12.8. The number of benzene rings is 2. The third-order valence-corrected chi connectivity index (χ3v) is 8.00. The summed E-state index contributed by atoms with van der Waals surface area (Å²) in [6.45, 7) is 9.98. The summed E-state index contributed by atoms with van der Waals surface area (Å²) in [5.74, 6) is 1.01. The Morgan fingerprint density at radius 1 is 1.14 bits per heavy atom. The van der Waals surface area contributed by atoms with E-state index in [1.807, 2.05) is 54.3 Å². The lowest BCUT2D eigenvalue weighted by atomic mass is 10.00. The molecule has 5 nitrogen and oxygen atoms in total. The Kier molecular flexibility index (Phi) is 8.47. The zero-order valence-corrected chi connectivity index (χ0v) is 22.5. The largest absolute Gasteiger partial charge is 0.491 e. The fourth-order valence-corrected chi connectivity index (χ4v) is 5.67. The second-order valence-electron chi connectivity index (χ2n) is 9.80. The van der Waals surface area contributed by atoms with Crippen molar-refractivity contribution in [3.8, 4) is 5.75 Å². The summed E-state index contributed by atoms with van der Waals surface area (Å²) in [5.41, 5.74) is 4.05. The van der Waals surface area contributed by atoms with Crippen LogP contribution in [0.3, 0.4) is 0 Å². The van der Waals surface area contributed by atoms with E-state index in [-0.39, 0.29) is 24.4 Å². The van der Waals surface area contributed by atoms with Gasteiger partial charge in [-0.2, -0.15) is 0 Å². The molecule has 2 aromatic carbocycles. The van der Waals surface area contributed by atoms with Crippen LogP contribution in [0.25, 0.3) is 0 Å². The molecule has 0 bridgehead atoms. The summed E-state index contributed by atoms with van der Waals surface area (Å²) in [4.78, 5) is 32.1. The minimum Gasteiger partial charge on any atom is -0.491 e. The number of hydrogen-bond donors (Lipinski definition) is 0. The molecular formula is C30H36N2O3S. The molecule has 1 aliphatic heterocycles. The number of ether oxygens (including phenoxy) is 1. The third kappa shape index (κ3) is 5.98. The maximum atomic E-state index is 13.8. The Morgan fingerprint density at radius 2 is 1.92 bits per heavy atom. The highest BCUT2D eigenvalue weighted by Gasteiger charge is 2.34. The van der Waals surface area contributed by atoms with Crippen LogP contribution in [0.4, 0.5) is 0 Å². The normalized spacial score (nSPS) is 15.8. The van der Waals surface area contributed by atoms with E-state index in [0.29, 0.717) is 31.2 Å². The van der Waals surface area contributed by atoms with Gasteiger partial charge in [0.15, 0.2) is 0 Å². The van der Waals surface area contributed by atoms with E-state index < -0.39 is 0 Å². The number of carbonyl (C=O) groups is 2. The number of thiophene rings is 1. The van der Waals surface area contributed by atoms with E-state index in [0.717, 1.165) is 29.7 Å². The lowest BCUT2D eigenvalue weighted by molar-refractivity contribution is -0.135. The predicted octanol–water partition coefficient (Wildman–Crippen LogP) is 6.06. The van der Waals surface area contributed by atoms with Gasteiger partial charge in [-0.05, 0) is 67.0 Å². The van der Waals surface area contributed by atoms with Crippen molar-refractivity contribution in [1.82, 2.24) is 9.80 Å². The highest BCUT2D eigenvalue weighted by atomic mass is 32.1. The molecule has 0 spiro atoms. The molecule has 0 N–H and O–H groups in total. The van der Waals surface area contributed by atoms with E-state index in [2.05, 4.69) is 38.3 Å². The first kappa shape index (κ1) is 26.0. The molecule has 190 valence electrons. The highest BCUT2D eigenvalue weighted by molar-refractivity contribution is 7.10. The van der Waals surface area contributed by atoms with Crippen molar-refractivity contribution in [2.45, 2.75) is 46.6 Å². The van der Waals surface area contributed by atoms with E-state index >= 15 is 0 Å². The molecule has 2 heterocycles. The molecule has 0 saturated carbocycles. The van der Waals surface area contributed by atoms with Crippen LogP contribution in [-0.4, -0.2) is 47.9 Å². The van der Waals surface area contributed by atoms with Crippen molar-refractivity contribution in [2.24, 2.45) is 5.92 Å². The van der Waals surface area contributed by atoms with E-state index in [1.165, 1.54) is 10.4 Å². The summed E-state index contributed by atoms with van der Waals surface area (Å²) < 4.78 is 6.27. The number of nitrogens with zero attached hydrogens (tertiary/aromatic N) is 2. The molecule has 0 radical (unpaired) electrons. The molecule has 3 aromatic rings. The molecule has 2 atom stereocenters. The second-order valence-corrected chi connectivity index (χ2v) is 10.8. The van der Waals surface area contributed by atoms with Gasteiger partial charge in [0.25, 0.3) is 5.91 Å². The fourth-order valence-electron chi connectivity index (χ4n) is 4.75. The summed E-state index contributed by atoms with van der Waals surface area (Å²) in [7, 11) is 0. The summed E-state index contributed by atoms with van der Waals surface area (Å²) in [6.07, 6.45) is 1.78. The Morgan fingerprint density at radius 3 is 2.64 bits per heavy atom. The smallest absolute Gasteiger partial charge is 0.254 e. The van der Waals surface area contributed by atoms with Crippen molar-refractivity contribution in [3.05, 3.63) is 87.1 Å². The van der Waals surface area contributed by atoms with E-state index in [9.17, 15) is 9.59 Å². The lowest BCUT2D eigenvalue weighted by Gasteiger charge is -2.37. The summed E-state index contributed by atoms with van der Waals surface area (Å²) in [6, 6.07) is 17.3. The van der Waals surface area contributed by atoms with Gasteiger partial charge in [0.1, 0.15) is 18.9 Å². The van der Waals surface area contributed by atoms with Gasteiger partial charge in [0.2, 0.25) is 5.91 Å². The van der Waals surface area contributed by atoms with Crippen molar-refractivity contribution in [3.63, 3.8) is 0 Å². The van der Waals surface area contributed by atoms with Gasteiger partial charge in [0, 0.05) is 23.5 Å². The zero-order chi connectivity index (χ0) is 25.7. The highest BCUT2D eigenvalue weighted by Crippen LogP contribution is 2.34. The monoisotopic (exact) mass is 504 g/mol. The SMILES string of the molecule is CC[C@@H](C)CN(CC(=O)N1CCc2sccc2[C@H]1COc1ccc(C)cc1C)C(=O)c1ccccc1. The van der Waals surface area contributed by atoms with Crippen LogP contribution >= 0.6 is 11.3 Å².